The molecule has 3 rings (SSSR count). The highest BCUT2D eigenvalue weighted by atomic mass is 16.5. The minimum atomic E-state index is 0.150. The van der Waals surface area contributed by atoms with Crippen molar-refractivity contribution in [2.24, 2.45) is 0 Å². The van der Waals surface area contributed by atoms with Crippen LogP contribution in [-0.2, 0) is 11.3 Å². The number of phenolic OH excluding ortho intramolecular Hbond substituents is 1. The number of anilines is 1. The van der Waals surface area contributed by atoms with E-state index in [2.05, 4.69) is 4.90 Å². The predicted molar refractivity (Wildman–Crippen MR) is 105 cm³/mol. The van der Waals surface area contributed by atoms with Gasteiger partial charge in [-0.25, -0.2) is 0 Å². The van der Waals surface area contributed by atoms with Crippen molar-refractivity contribution in [2.45, 2.75) is 6.54 Å². The molecule has 0 spiro atoms. The molecular weight excluding hydrogens is 342 g/mol. The molecule has 1 heterocycles. The maximum Gasteiger partial charge on any atom is 0.277 e. The van der Waals surface area contributed by atoms with E-state index >= 15 is 0 Å². The summed E-state index contributed by atoms with van der Waals surface area (Å²) in [5, 5.41) is 10.0. The Balaban J connectivity index is 1.47. The number of hydrogen-bond acceptors (Lipinski definition) is 4. The lowest BCUT2D eigenvalue weighted by Crippen LogP contribution is -3.15. The molecule has 0 aromatic heterocycles. The van der Waals surface area contributed by atoms with Gasteiger partial charge in [0, 0.05) is 13.6 Å². The monoisotopic (exact) mass is 370 g/mol. The van der Waals surface area contributed by atoms with Gasteiger partial charge in [-0.05, 0) is 29.8 Å². The number of nitrogens with one attached hydrogen (secondary N) is 1. The molecule has 0 aliphatic carbocycles. The van der Waals surface area contributed by atoms with Crippen molar-refractivity contribution in [2.75, 3.05) is 51.8 Å². The first-order valence-electron chi connectivity index (χ1n) is 9.30. The quantitative estimate of drug-likeness (QED) is 0.789. The van der Waals surface area contributed by atoms with E-state index < -0.39 is 0 Å². The summed E-state index contributed by atoms with van der Waals surface area (Å²) in [4.78, 5) is 17.8. The van der Waals surface area contributed by atoms with Crippen molar-refractivity contribution < 1.29 is 19.5 Å². The third kappa shape index (κ3) is 4.92. The lowest BCUT2D eigenvalue weighted by Gasteiger charge is -2.34. The summed E-state index contributed by atoms with van der Waals surface area (Å²) in [5.41, 5.74) is 1.96. The van der Waals surface area contributed by atoms with E-state index in [9.17, 15) is 9.90 Å². The number of phenols is 1. The fourth-order valence-corrected chi connectivity index (χ4v) is 3.41. The molecular formula is C21H28N3O3+. The van der Waals surface area contributed by atoms with E-state index in [-0.39, 0.29) is 5.91 Å². The van der Waals surface area contributed by atoms with Crippen molar-refractivity contribution >= 4 is 11.6 Å². The van der Waals surface area contributed by atoms with Crippen LogP contribution in [0, 0.1) is 0 Å². The number of quaternary nitrogens is 1. The van der Waals surface area contributed by atoms with Gasteiger partial charge in [0.1, 0.15) is 11.5 Å². The average Bonchev–Trinajstić information content (AvgIpc) is 2.69. The number of benzene rings is 2. The van der Waals surface area contributed by atoms with Crippen LogP contribution in [0.25, 0.3) is 0 Å². The molecule has 0 atom stereocenters. The molecule has 0 bridgehead atoms. The number of hydrogen-bond donors (Lipinski definition) is 2. The number of likely N-dealkylation sites (N-methyl/N-ethyl adjacent to an activating group) is 1. The number of carbonyl (C=O) groups is 1. The highest BCUT2D eigenvalue weighted by Gasteiger charge is 2.24. The van der Waals surface area contributed by atoms with Gasteiger partial charge in [0.05, 0.1) is 39.0 Å². The molecule has 2 aromatic carbocycles. The first-order chi connectivity index (χ1) is 13.1. The Morgan fingerprint density at radius 3 is 2.44 bits per heavy atom. The summed E-state index contributed by atoms with van der Waals surface area (Å²) in [5.74, 6) is 1.28. The fraction of sp³-hybridized carbons (Fsp3) is 0.381. The molecule has 6 heteroatoms. The number of methoxy groups -OCH3 is 1. The smallest absolute Gasteiger partial charge is 0.277 e. The van der Waals surface area contributed by atoms with E-state index in [0.717, 1.165) is 43.2 Å². The molecule has 0 radical (unpaired) electrons. The van der Waals surface area contributed by atoms with Crippen LogP contribution in [0.4, 0.5) is 5.69 Å². The summed E-state index contributed by atoms with van der Waals surface area (Å²) >= 11 is 0. The third-order valence-electron chi connectivity index (χ3n) is 5.10. The van der Waals surface area contributed by atoms with Gasteiger partial charge in [0.2, 0.25) is 0 Å². The summed E-state index contributed by atoms with van der Waals surface area (Å²) < 4.78 is 5.17. The summed E-state index contributed by atoms with van der Waals surface area (Å²) in [6.07, 6.45) is 0. The lowest BCUT2D eigenvalue weighted by atomic mass is 10.2. The molecule has 1 aliphatic rings. The SMILES string of the molecule is COc1ccc(CN(C)C(=O)C[NH+]2CCN(c3ccccc3O)CC2)cc1. The van der Waals surface area contributed by atoms with E-state index in [1.165, 1.54) is 4.90 Å². The maximum atomic E-state index is 12.6. The normalized spacial score (nSPS) is 14.8. The maximum absolute atomic E-state index is 12.6. The number of amides is 1. The van der Waals surface area contributed by atoms with Gasteiger partial charge in [0.25, 0.3) is 5.91 Å². The molecule has 1 fully saturated rings. The average molecular weight is 370 g/mol. The van der Waals surface area contributed by atoms with Crippen molar-refractivity contribution in [3.05, 3.63) is 54.1 Å². The second-order valence-corrected chi connectivity index (χ2v) is 7.00. The lowest BCUT2D eigenvalue weighted by molar-refractivity contribution is -0.892. The Hall–Kier alpha value is -2.73. The molecule has 0 unspecified atom stereocenters. The zero-order valence-electron chi connectivity index (χ0n) is 16.0. The van der Waals surface area contributed by atoms with Crippen molar-refractivity contribution in [3.8, 4) is 11.5 Å². The first kappa shape index (κ1) is 19.0. The Kier molecular flexibility index (Phi) is 6.19. The summed E-state index contributed by atoms with van der Waals surface area (Å²) in [7, 11) is 3.50. The number of nitrogens with zero attached hydrogens (tertiary/aromatic N) is 2. The van der Waals surface area contributed by atoms with Gasteiger partial charge in [-0.1, -0.05) is 24.3 Å². The highest BCUT2D eigenvalue weighted by molar-refractivity contribution is 5.76. The van der Waals surface area contributed by atoms with Crippen LogP contribution in [0.3, 0.4) is 0 Å². The number of ether oxygens (including phenoxy) is 1. The van der Waals surface area contributed by atoms with Crippen molar-refractivity contribution in [3.63, 3.8) is 0 Å². The van der Waals surface area contributed by atoms with Crippen LogP contribution in [-0.4, -0.2) is 62.8 Å². The van der Waals surface area contributed by atoms with Gasteiger partial charge in [-0.2, -0.15) is 0 Å². The largest absolute Gasteiger partial charge is 0.506 e. The highest BCUT2D eigenvalue weighted by Crippen LogP contribution is 2.25. The number of para-hydroxylation sites is 2. The second-order valence-electron chi connectivity index (χ2n) is 7.00. The van der Waals surface area contributed by atoms with Crippen molar-refractivity contribution in [1.29, 1.82) is 0 Å². The number of rotatable bonds is 6. The molecule has 2 N–H and O–H groups in total. The number of piperazine rings is 1. The van der Waals surface area contributed by atoms with Gasteiger partial charge in [-0.3, -0.25) is 4.79 Å². The molecule has 6 nitrogen and oxygen atoms in total. The molecule has 1 amide bonds. The predicted octanol–water partition coefficient (Wildman–Crippen LogP) is 0.764. The van der Waals surface area contributed by atoms with Crippen LogP contribution >= 0.6 is 0 Å². The van der Waals surface area contributed by atoms with Crippen LogP contribution in [0.1, 0.15) is 5.56 Å². The minimum absolute atomic E-state index is 0.150. The zero-order valence-corrected chi connectivity index (χ0v) is 16.0. The molecule has 144 valence electrons. The molecule has 1 aliphatic heterocycles. The van der Waals surface area contributed by atoms with E-state index in [0.29, 0.717) is 18.8 Å². The summed E-state index contributed by atoms with van der Waals surface area (Å²) in [6, 6.07) is 15.2. The minimum Gasteiger partial charge on any atom is -0.506 e. The van der Waals surface area contributed by atoms with Crippen LogP contribution < -0.4 is 14.5 Å². The second kappa shape index (κ2) is 8.77. The van der Waals surface area contributed by atoms with E-state index in [1.807, 2.05) is 49.5 Å². The molecule has 27 heavy (non-hydrogen) atoms. The van der Waals surface area contributed by atoms with Gasteiger partial charge in [-0.15, -0.1) is 0 Å². The molecule has 2 aromatic rings. The van der Waals surface area contributed by atoms with Gasteiger partial charge in [0.15, 0.2) is 6.54 Å². The Morgan fingerprint density at radius 2 is 1.81 bits per heavy atom. The number of carbonyl (C=O) groups excluding carboxylic acids is 1. The van der Waals surface area contributed by atoms with Gasteiger partial charge >= 0.3 is 0 Å². The summed E-state index contributed by atoms with van der Waals surface area (Å²) in [6.45, 7) is 4.54. The fourth-order valence-electron chi connectivity index (χ4n) is 3.41. The standard InChI is InChI=1S/C21H27N3O3/c1-22(15-17-7-9-18(27-2)10-8-17)21(26)16-23-11-13-24(14-12-23)19-5-3-4-6-20(19)25/h3-10,25H,11-16H2,1-2H3/p+1. The van der Waals surface area contributed by atoms with Crippen LogP contribution in [0.15, 0.2) is 48.5 Å². The topological polar surface area (TPSA) is 57.5 Å². The number of aromatic hydroxyl groups is 1. The molecule has 0 saturated carbocycles. The third-order valence-corrected chi connectivity index (χ3v) is 5.10. The molecule has 1 saturated heterocycles. The van der Waals surface area contributed by atoms with Crippen molar-refractivity contribution in [1.82, 2.24) is 4.90 Å². The van der Waals surface area contributed by atoms with Crippen LogP contribution in [0.5, 0.6) is 11.5 Å². The zero-order chi connectivity index (χ0) is 19.2. The Labute approximate surface area is 160 Å². The van der Waals surface area contributed by atoms with Crippen LogP contribution in [0.2, 0.25) is 0 Å². The van der Waals surface area contributed by atoms with E-state index in [1.54, 1.807) is 18.1 Å². The first-order valence-corrected chi connectivity index (χ1v) is 9.30. The Morgan fingerprint density at radius 1 is 1.15 bits per heavy atom. The van der Waals surface area contributed by atoms with Gasteiger partial charge < -0.3 is 24.5 Å². The van der Waals surface area contributed by atoms with E-state index in [4.69, 9.17) is 4.74 Å². The Bertz CT molecular complexity index is 756.